The number of hydrogen-bond donors (Lipinski definition) is 1. The summed E-state index contributed by atoms with van der Waals surface area (Å²) in [6.07, 6.45) is 1.60. The van der Waals surface area contributed by atoms with Crippen molar-refractivity contribution in [3.63, 3.8) is 0 Å². The molecule has 0 saturated carbocycles. The third kappa shape index (κ3) is 3.30. The Morgan fingerprint density at radius 2 is 2.09 bits per heavy atom. The number of nitrogens with zero attached hydrogens (tertiary/aromatic N) is 2. The number of amides is 1. The summed E-state index contributed by atoms with van der Waals surface area (Å²) in [6, 6.07) is 1.65. The number of rotatable bonds is 4. The van der Waals surface area contributed by atoms with Crippen molar-refractivity contribution >= 4 is 17.7 Å². The number of esters is 1. The van der Waals surface area contributed by atoms with Crippen molar-refractivity contribution in [2.75, 3.05) is 11.9 Å². The maximum Gasteiger partial charge on any atom is 0.376 e. The Kier molecular flexibility index (Phi) is 4.55. The molecule has 0 fully saturated rings. The molecule has 7 nitrogen and oxygen atoms in total. The molecule has 2 aromatic heterocycles. The van der Waals surface area contributed by atoms with E-state index in [4.69, 9.17) is 9.15 Å². The molecule has 1 N–H and O–H groups in total. The van der Waals surface area contributed by atoms with E-state index in [9.17, 15) is 9.59 Å². The fourth-order valence-electron chi connectivity index (χ4n) is 1.90. The summed E-state index contributed by atoms with van der Waals surface area (Å²) in [5.74, 6) is -0.0199. The van der Waals surface area contributed by atoms with Crippen molar-refractivity contribution in [2.45, 2.75) is 27.7 Å². The molecular weight excluding hydrogens is 286 g/mol. The quantitative estimate of drug-likeness (QED) is 0.872. The zero-order chi connectivity index (χ0) is 16.3. The third-order valence-electron chi connectivity index (χ3n) is 2.90. The fourth-order valence-corrected chi connectivity index (χ4v) is 1.90. The van der Waals surface area contributed by atoms with Crippen LogP contribution in [-0.4, -0.2) is 28.5 Å². The zero-order valence-electron chi connectivity index (χ0n) is 12.9. The summed E-state index contributed by atoms with van der Waals surface area (Å²) in [7, 11) is 0. The molecule has 2 rings (SSSR count). The molecule has 7 heteroatoms. The Bertz CT molecular complexity index is 722. The van der Waals surface area contributed by atoms with E-state index in [0.29, 0.717) is 17.1 Å². The highest BCUT2D eigenvalue weighted by atomic mass is 16.5. The standard InChI is InChI=1S/C15H17N3O4/c1-5-21-15(20)13-9(3)17-14(22-13)11-6-12(18-10(4)19)16-7-8(11)2/h6-7H,5H2,1-4H3,(H,16,18,19). The number of carbonyl (C=O) groups is 2. The lowest BCUT2D eigenvalue weighted by atomic mass is 10.1. The van der Waals surface area contributed by atoms with Crippen molar-refractivity contribution in [1.29, 1.82) is 0 Å². The molecule has 0 aliphatic heterocycles. The van der Waals surface area contributed by atoms with Crippen molar-refractivity contribution in [3.8, 4) is 11.5 Å². The minimum Gasteiger partial charge on any atom is -0.460 e. The Morgan fingerprint density at radius 1 is 1.36 bits per heavy atom. The second-order valence-corrected chi connectivity index (χ2v) is 4.72. The van der Waals surface area contributed by atoms with Crippen LogP contribution in [0.1, 0.15) is 35.7 Å². The van der Waals surface area contributed by atoms with E-state index in [0.717, 1.165) is 5.56 Å². The van der Waals surface area contributed by atoms with Crippen LogP contribution in [0.15, 0.2) is 16.7 Å². The first-order chi connectivity index (χ1) is 10.4. The van der Waals surface area contributed by atoms with Crippen molar-refractivity contribution in [2.24, 2.45) is 0 Å². The molecule has 116 valence electrons. The second kappa shape index (κ2) is 6.38. The SMILES string of the molecule is CCOC(=O)c1oc(-c2cc(NC(C)=O)ncc2C)nc1C. The Morgan fingerprint density at radius 3 is 2.73 bits per heavy atom. The molecule has 0 bridgehead atoms. The molecule has 0 saturated heterocycles. The van der Waals surface area contributed by atoms with Crippen LogP contribution in [-0.2, 0) is 9.53 Å². The van der Waals surface area contributed by atoms with Crippen LogP contribution in [0, 0.1) is 13.8 Å². The van der Waals surface area contributed by atoms with E-state index in [2.05, 4.69) is 15.3 Å². The molecular formula is C15H17N3O4. The first-order valence-corrected chi connectivity index (χ1v) is 6.81. The third-order valence-corrected chi connectivity index (χ3v) is 2.90. The van der Waals surface area contributed by atoms with Crippen LogP contribution in [0.25, 0.3) is 11.5 Å². The fraction of sp³-hybridized carbons (Fsp3) is 0.333. The normalized spacial score (nSPS) is 10.4. The van der Waals surface area contributed by atoms with Crippen LogP contribution in [0.4, 0.5) is 5.82 Å². The lowest BCUT2D eigenvalue weighted by Crippen LogP contribution is -2.07. The highest BCUT2D eigenvalue weighted by Gasteiger charge is 2.20. The number of ether oxygens (including phenoxy) is 1. The van der Waals surface area contributed by atoms with E-state index >= 15 is 0 Å². The second-order valence-electron chi connectivity index (χ2n) is 4.72. The number of carbonyl (C=O) groups excluding carboxylic acids is 2. The van der Waals surface area contributed by atoms with Crippen LogP contribution in [0.2, 0.25) is 0 Å². The molecule has 0 atom stereocenters. The predicted octanol–water partition coefficient (Wildman–Crippen LogP) is 2.49. The molecule has 0 unspecified atom stereocenters. The lowest BCUT2D eigenvalue weighted by molar-refractivity contribution is -0.114. The van der Waals surface area contributed by atoms with Gasteiger partial charge in [-0.25, -0.2) is 14.8 Å². The smallest absolute Gasteiger partial charge is 0.376 e. The van der Waals surface area contributed by atoms with Gasteiger partial charge >= 0.3 is 5.97 Å². The maximum atomic E-state index is 11.8. The van der Waals surface area contributed by atoms with Crippen LogP contribution < -0.4 is 5.32 Å². The predicted molar refractivity (Wildman–Crippen MR) is 79.5 cm³/mol. The summed E-state index contributed by atoms with van der Waals surface area (Å²) < 4.78 is 10.5. The van der Waals surface area contributed by atoms with E-state index < -0.39 is 5.97 Å². The number of aromatic nitrogens is 2. The molecule has 0 aliphatic rings. The van der Waals surface area contributed by atoms with Gasteiger partial charge in [0.25, 0.3) is 0 Å². The molecule has 2 aromatic rings. The van der Waals surface area contributed by atoms with Gasteiger partial charge in [-0.05, 0) is 32.4 Å². The highest BCUT2D eigenvalue weighted by molar-refractivity contribution is 5.89. The molecule has 0 radical (unpaired) electrons. The lowest BCUT2D eigenvalue weighted by Gasteiger charge is -2.05. The van der Waals surface area contributed by atoms with Crippen molar-refractivity contribution in [1.82, 2.24) is 9.97 Å². The van der Waals surface area contributed by atoms with E-state index in [1.165, 1.54) is 6.92 Å². The number of nitrogens with one attached hydrogen (secondary N) is 1. The molecule has 0 aliphatic carbocycles. The van der Waals surface area contributed by atoms with Gasteiger partial charge < -0.3 is 14.5 Å². The van der Waals surface area contributed by atoms with E-state index in [1.54, 1.807) is 26.1 Å². The summed E-state index contributed by atoms with van der Waals surface area (Å²) in [5.41, 5.74) is 1.91. The summed E-state index contributed by atoms with van der Waals surface area (Å²) in [4.78, 5) is 31.3. The Hall–Kier alpha value is -2.70. The minimum atomic E-state index is -0.549. The Balaban J connectivity index is 2.41. The monoisotopic (exact) mass is 303 g/mol. The summed E-state index contributed by atoms with van der Waals surface area (Å²) in [5, 5.41) is 2.60. The van der Waals surface area contributed by atoms with Gasteiger partial charge in [0, 0.05) is 18.7 Å². The van der Waals surface area contributed by atoms with Gasteiger partial charge in [-0.3, -0.25) is 4.79 Å². The van der Waals surface area contributed by atoms with Gasteiger partial charge in [0.1, 0.15) is 5.82 Å². The zero-order valence-corrected chi connectivity index (χ0v) is 12.9. The van der Waals surface area contributed by atoms with Gasteiger partial charge in [0.05, 0.1) is 12.3 Å². The summed E-state index contributed by atoms with van der Waals surface area (Å²) in [6.45, 7) is 6.88. The van der Waals surface area contributed by atoms with Gasteiger partial charge in [-0.1, -0.05) is 0 Å². The summed E-state index contributed by atoms with van der Waals surface area (Å²) >= 11 is 0. The highest BCUT2D eigenvalue weighted by Crippen LogP contribution is 2.27. The largest absolute Gasteiger partial charge is 0.460 e. The van der Waals surface area contributed by atoms with E-state index in [1.807, 2.05) is 6.92 Å². The molecule has 0 aromatic carbocycles. The van der Waals surface area contributed by atoms with E-state index in [-0.39, 0.29) is 24.2 Å². The van der Waals surface area contributed by atoms with Gasteiger partial charge in [-0.2, -0.15) is 0 Å². The topological polar surface area (TPSA) is 94.3 Å². The molecule has 2 heterocycles. The minimum absolute atomic E-state index is 0.0779. The number of oxazole rings is 1. The van der Waals surface area contributed by atoms with Gasteiger partial charge in [-0.15, -0.1) is 0 Å². The number of aryl methyl sites for hydroxylation is 2. The first kappa shape index (κ1) is 15.7. The Labute approximate surface area is 127 Å². The van der Waals surface area contributed by atoms with Crippen LogP contribution >= 0.6 is 0 Å². The average Bonchev–Trinajstić information content (AvgIpc) is 2.82. The van der Waals surface area contributed by atoms with Gasteiger partial charge in [0.15, 0.2) is 0 Å². The van der Waals surface area contributed by atoms with Gasteiger partial charge in [0.2, 0.25) is 17.6 Å². The number of hydrogen-bond acceptors (Lipinski definition) is 6. The molecule has 1 amide bonds. The van der Waals surface area contributed by atoms with Crippen LogP contribution in [0.3, 0.4) is 0 Å². The molecule has 22 heavy (non-hydrogen) atoms. The number of anilines is 1. The van der Waals surface area contributed by atoms with Crippen LogP contribution in [0.5, 0.6) is 0 Å². The first-order valence-electron chi connectivity index (χ1n) is 6.81. The van der Waals surface area contributed by atoms with Crippen molar-refractivity contribution < 1.29 is 18.7 Å². The maximum absolute atomic E-state index is 11.8. The molecule has 0 spiro atoms. The van der Waals surface area contributed by atoms with Crippen molar-refractivity contribution in [3.05, 3.63) is 29.3 Å². The number of pyridine rings is 1. The average molecular weight is 303 g/mol.